The quantitative estimate of drug-likeness (QED) is 0.757. The maximum Gasteiger partial charge on any atom is 0.151 e. The van der Waals surface area contributed by atoms with Crippen molar-refractivity contribution in [2.75, 3.05) is 13.7 Å². The summed E-state index contributed by atoms with van der Waals surface area (Å²) in [6.07, 6.45) is 2.73. The summed E-state index contributed by atoms with van der Waals surface area (Å²) in [7, 11) is 3.56. The van der Waals surface area contributed by atoms with E-state index in [4.69, 9.17) is 10.5 Å². The van der Waals surface area contributed by atoms with Crippen LogP contribution in [0, 0.1) is 0 Å². The number of rotatable bonds is 6. The lowest BCUT2D eigenvalue weighted by Crippen LogP contribution is -2.17. The number of methoxy groups -OCH3 is 1. The van der Waals surface area contributed by atoms with Crippen LogP contribution in [0.1, 0.15) is 37.5 Å². The van der Waals surface area contributed by atoms with Crippen molar-refractivity contribution in [3.05, 3.63) is 11.6 Å². The molecule has 0 spiro atoms. The minimum absolute atomic E-state index is 0.0898. The van der Waals surface area contributed by atoms with Crippen molar-refractivity contribution in [2.24, 2.45) is 12.8 Å². The molecule has 0 saturated heterocycles. The van der Waals surface area contributed by atoms with Crippen LogP contribution in [0.3, 0.4) is 0 Å². The SMILES string of the molecule is CCCc1nc(C(N)CCOC)n(C)n1. The van der Waals surface area contributed by atoms with E-state index in [1.165, 1.54) is 0 Å². The van der Waals surface area contributed by atoms with Crippen LogP contribution >= 0.6 is 0 Å². The van der Waals surface area contributed by atoms with Crippen LogP contribution < -0.4 is 5.73 Å². The maximum absolute atomic E-state index is 5.99. The minimum atomic E-state index is -0.0898. The van der Waals surface area contributed by atoms with Gasteiger partial charge < -0.3 is 10.5 Å². The molecule has 0 radical (unpaired) electrons. The normalized spacial score (nSPS) is 13.1. The van der Waals surface area contributed by atoms with Gasteiger partial charge in [-0.2, -0.15) is 5.10 Å². The number of nitrogens with two attached hydrogens (primary N) is 1. The van der Waals surface area contributed by atoms with E-state index in [0.717, 1.165) is 30.9 Å². The van der Waals surface area contributed by atoms with Crippen LogP contribution in [0.5, 0.6) is 0 Å². The van der Waals surface area contributed by atoms with E-state index in [0.29, 0.717) is 6.61 Å². The molecular formula is C10H20N4O. The Labute approximate surface area is 90.6 Å². The Morgan fingerprint density at radius 3 is 2.87 bits per heavy atom. The van der Waals surface area contributed by atoms with Crippen LogP contribution in [0.15, 0.2) is 0 Å². The van der Waals surface area contributed by atoms with Gasteiger partial charge in [0.15, 0.2) is 5.82 Å². The van der Waals surface area contributed by atoms with Gasteiger partial charge in [-0.25, -0.2) is 4.98 Å². The van der Waals surface area contributed by atoms with Crippen molar-refractivity contribution >= 4 is 0 Å². The summed E-state index contributed by atoms with van der Waals surface area (Å²) >= 11 is 0. The minimum Gasteiger partial charge on any atom is -0.385 e. The molecule has 2 N–H and O–H groups in total. The first-order chi connectivity index (χ1) is 7.19. The number of hydrogen-bond donors (Lipinski definition) is 1. The fourth-order valence-corrected chi connectivity index (χ4v) is 1.48. The number of ether oxygens (including phenoxy) is 1. The van der Waals surface area contributed by atoms with E-state index < -0.39 is 0 Å². The molecule has 1 aromatic heterocycles. The second kappa shape index (κ2) is 5.82. The van der Waals surface area contributed by atoms with E-state index in [9.17, 15) is 0 Å². The van der Waals surface area contributed by atoms with Gasteiger partial charge in [0.05, 0.1) is 6.04 Å². The Balaban J connectivity index is 2.66. The molecule has 1 heterocycles. The Morgan fingerprint density at radius 1 is 1.53 bits per heavy atom. The molecule has 86 valence electrons. The Morgan fingerprint density at radius 2 is 2.27 bits per heavy atom. The fourth-order valence-electron chi connectivity index (χ4n) is 1.48. The average Bonchev–Trinajstić information content (AvgIpc) is 2.57. The lowest BCUT2D eigenvalue weighted by Gasteiger charge is -2.08. The molecule has 1 aromatic rings. The number of nitrogens with zero attached hydrogens (tertiary/aromatic N) is 3. The predicted octanol–water partition coefficient (Wildman–Crippen LogP) is 0.804. The van der Waals surface area contributed by atoms with E-state index in [-0.39, 0.29) is 6.04 Å². The third-order valence-electron chi connectivity index (χ3n) is 2.28. The second-order valence-electron chi connectivity index (χ2n) is 3.65. The molecule has 0 aliphatic rings. The van der Waals surface area contributed by atoms with Gasteiger partial charge in [0.25, 0.3) is 0 Å². The van der Waals surface area contributed by atoms with Crippen molar-refractivity contribution in [3.8, 4) is 0 Å². The highest BCUT2D eigenvalue weighted by Crippen LogP contribution is 2.11. The van der Waals surface area contributed by atoms with Gasteiger partial charge in [0.2, 0.25) is 0 Å². The Hall–Kier alpha value is -0.940. The largest absolute Gasteiger partial charge is 0.385 e. The zero-order valence-electron chi connectivity index (χ0n) is 9.73. The summed E-state index contributed by atoms with van der Waals surface area (Å²) in [6, 6.07) is -0.0898. The fraction of sp³-hybridized carbons (Fsp3) is 0.800. The molecule has 1 unspecified atom stereocenters. The molecule has 5 nitrogen and oxygen atoms in total. The van der Waals surface area contributed by atoms with E-state index in [2.05, 4.69) is 17.0 Å². The standard InChI is InChI=1S/C10H20N4O/c1-4-5-9-12-10(14(2)13-9)8(11)6-7-15-3/h8H,4-7,11H2,1-3H3. The molecular weight excluding hydrogens is 192 g/mol. The lowest BCUT2D eigenvalue weighted by molar-refractivity contribution is 0.186. The summed E-state index contributed by atoms with van der Waals surface area (Å²) in [5.41, 5.74) is 5.99. The highest BCUT2D eigenvalue weighted by atomic mass is 16.5. The maximum atomic E-state index is 5.99. The smallest absolute Gasteiger partial charge is 0.151 e. The van der Waals surface area contributed by atoms with Crippen LogP contribution in [-0.2, 0) is 18.2 Å². The van der Waals surface area contributed by atoms with Gasteiger partial charge in [-0.1, -0.05) is 6.92 Å². The molecule has 0 fully saturated rings. The summed E-state index contributed by atoms with van der Waals surface area (Å²) in [5, 5.41) is 4.31. The third-order valence-corrected chi connectivity index (χ3v) is 2.28. The molecule has 0 aliphatic carbocycles. The summed E-state index contributed by atoms with van der Waals surface area (Å²) < 4.78 is 6.76. The topological polar surface area (TPSA) is 66.0 Å². The first-order valence-electron chi connectivity index (χ1n) is 5.33. The van der Waals surface area contributed by atoms with Crippen molar-refractivity contribution in [1.82, 2.24) is 14.8 Å². The number of hydrogen-bond acceptors (Lipinski definition) is 4. The molecule has 15 heavy (non-hydrogen) atoms. The molecule has 1 atom stereocenters. The molecule has 5 heteroatoms. The predicted molar refractivity (Wildman–Crippen MR) is 58.4 cm³/mol. The lowest BCUT2D eigenvalue weighted by atomic mass is 10.2. The highest BCUT2D eigenvalue weighted by Gasteiger charge is 2.13. The van der Waals surface area contributed by atoms with Gasteiger partial charge in [-0.3, -0.25) is 4.68 Å². The molecule has 0 aliphatic heterocycles. The number of aromatic nitrogens is 3. The van der Waals surface area contributed by atoms with Crippen molar-refractivity contribution in [1.29, 1.82) is 0 Å². The van der Waals surface area contributed by atoms with Gasteiger partial charge in [0, 0.05) is 27.2 Å². The molecule has 0 amide bonds. The monoisotopic (exact) mass is 212 g/mol. The Bertz CT molecular complexity index is 298. The van der Waals surface area contributed by atoms with Gasteiger partial charge >= 0.3 is 0 Å². The average molecular weight is 212 g/mol. The van der Waals surface area contributed by atoms with E-state index in [1.807, 2.05) is 7.05 Å². The molecule has 0 saturated carbocycles. The first-order valence-corrected chi connectivity index (χ1v) is 5.33. The van der Waals surface area contributed by atoms with Crippen LogP contribution in [0.4, 0.5) is 0 Å². The second-order valence-corrected chi connectivity index (χ2v) is 3.65. The van der Waals surface area contributed by atoms with Crippen LogP contribution in [-0.4, -0.2) is 28.5 Å². The first kappa shape index (κ1) is 12.1. The number of aryl methyl sites for hydroxylation is 2. The van der Waals surface area contributed by atoms with E-state index >= 15 is 0 Å². The van der Waals surface area contributed by atoms with Gasteiger partial charge in [-0.15, -0.1) is 0 Å². The highest BCUT2D eigenvalue weighted by molar-refractivity contribution is 4.98. The van der Waals surface area contributed by atoms with Gasteiger partial charge in [-0.05, 0) is 12.8 Å². The summed E-state index contributed by atoms with van der Waals surface area (Å²) in [5.74, 6) is 1.72. The van der Waals surface area contributed by atoms with Crippen LogP contribution in [0.25, 0.3) is 0 Å². The zero-order chi connectivity index (χ0) is 11.3. The third kappa shape index (κ3) is 3.28. The van der Waals surface area contributed by atoms with Crippen molar-refractivity contribution < 1.29 is 4.74 Å². The molecule has 1 rings (SSSR count). The summed E-state index contributed by atoms with van der Waals surface area (Å²) in [4.78, 5) is 4.42. The zero-order valence-corrected chi connectivity index (χ0v) is 9.73. The van der Waals surface area contributed by atoms with E-state index in [1.54, 1.807) is 11.8 Å². The van der Waals surface area contributed by atoms with Crippen LogP contribution in [0.2, 0.25) is 0 Å². The van der Waals surface area contributed by atoms with Crippen molar-refractivity contribution in [3.63, 3.8) is 0 Å². The summed E-state index contributed by atoms with van der Waals surface area (Å²) in [6.45, 7) is 2.76. The molecule has 0 bridgehead atoms. The molecule has 0 aromatic carbocycles. The van der Waals surface area contributed by atoms with Gasteiger partial charge in [0.1, 0.15) is 5.82 Å². The Kier molecular flexibility index (Phi) is 4.71. The van der Waals surface area contributed by atoms with Crippen molar-refractivity contribution in [2.45, 2.75) is 32.2 Å².